The lowest BCUT2D eigenvalue weighted by Gasteiger charge is -2.22. The fourth-order valence-electron chi connectivity index (χ4n) is 5.12. The second-order valence-electron chi connectivity index (χ2n) is 9.39. The monoisotopic (exact) mass is 486 g/mol. The third-order valence-electron chi connectivity index (χ3n) is 6.91. The van der Waals surface area contributed by atoms with Gasteiger partial charge in [0.2, 0.25) is 0 Å². The zero-order valence-electron chi connectivity index (χ0n) is 19.8. The highest BCUT2D eigenvalue weighted by Gasteiger charge is 2.35. The van der Waals surface area contributed by atoms with Crippen molar-refractivity contribution in [3.63, 3.8) is 0 Å². The third-order valence-corrected chi connectivity index (χ3v) is 6.91. The molecule has 1 aromatic heterocycles. The minimum Gasteiger partial charge on any atom is -0.390 e. The molecule has 0 saturated carbocycles. The van der Waals surface area contributed by atoms with Crippen LogP contribution in [-0.4, -0.2) is 40.9 Å². The molecule has 1 aliphatic carbocycles. The standard InChI is InChI=1S/C26H29F3N4O2/c1-14(17-5-4-8-21(23(17)27)26(28,29)13-34)30-25-20-11-22(33-16-9-10-35-12-16)18-6-3-7-19(18)24(20)31-15(2)32-25/h4-5,8,11,14,16,33-34H,3,6-7,9-10,12-13H2,1-2H3,(H,30,31,32)/t14?,16-/m0/s1. The molecule has 186 valence electrons. The van der Waals surface area contributed by atoms with Gasteiger partial charge in [-0.05, 0) is 62.8 Å². The first-order chi connectivity index (χ1) is 16.8. The van der Waals surface area contributed by atoms with Gasteiger partial charge in [-0.1, -0.05) is 12.1 Å². The van der Waals surface area contributed by atoms with Crippen LogP contribution in [0.4, 0.5) is 24.7 Å². The molecule has 0 bridgehead atoms. The number of aryl methyl sites for hydroxylation is 2. The van der Waals surface area contributed by atoms with Crippen LogP contribution in [-0.2, 0) is 23.5 Å². The summed E-state index contributed by atoms with van der Waals surface area (Å²) < 4.78 is 48.8. The average Bonchev–Trinajstić information content (AvgIpc) is 3.52. The minimum absolute atomic E-state index is 0.0719. The Kier molecular flexibility index (Phi) is 6.31. The van der Waals surface area contributed by atoms with Crippen molar-refractivity contribution in [1.29, 1.82) is 0 Å². The molecule has 1 unspecified atom stereocenters. The lowest BCUT2D eigenvalue weighted by molar-refractivity contribution is -0.0583. The van der Waals surface area contributed by atoms with Gasteiger partial charge in [-0.25, -0.2) is 14.4 Å². The van der Waals surface area contributed by atoms with E-state index in [1.165, 1.54) is 23.3 Å². The highest BCUT2D eigenvalue weighted by molar-refractivity contribution is 5.96. The first kappa shape index (κ1) is 23.8. The summed E-state index contributed by atoms with van der Waals surface area (Å²) in [6.07, 6.45) is 3.87. The van der Waals surface area contributed by atoms with Crippen molar-refractivity contribution < 1.29 is 23.0 Å². The number of benzene rings is 2. The molecule has 6 nitrogen and oxygen atoms in total. The SMILES string of the molecule is Cc1nc(NC(C)c2cccc(C(F)(F)CO)c2F)c2cc(N[C@H]3CCOC3)c3c(c2n1)CCC3. The normalized spacial score (nSPS) is 18.6. The Bertz CT molecular complexity index is 1260. The topological polar surface area (TPSA) is 79.3 Å². The van der Waals surface area contributed by atoms with Crippen molar-refractivity contribution in [2.45, 2.75) is 57.5 Å². The van der Waals surface area contributed by atoms with Crippen LogP contribution >= 0.6 is 0 Å². The largest absolute Gasteiger partial charge is 0.390 e. The second-order valence-corrected chi connectivity index (χ2v) is 9.39. The molecule has 2 aliphatic rings. The molecule has 35 heavy (non-hydrogen) atoms. The lowest BCUT2D eigenvalue weighted by atomic mass is 9.99. The van der Waals surface area contributed by atoms with Gasteiger partial charge in [-0.2, -0.15) is 8.78 Å². The summed E-state index contributed by atoms with van der Waals surface area (Å²) in [6.45, 7) is 3.44. The molecule has 2 aromatic carbocycles. The van der Waals surface area contributed by atoms with E-state index in [2.05, 4.69) is 15.6 Å². The smallest absolute Gasteiger partial charge is 0.298 e. The van der Waals surface area contributed by atoms with Gasteiger partial charge >= 0.3 is 0 Å². The predicted octanol–water partition coefficient (Wildman–Crippen LogP) is 5.02. The van der Waals surface area contributed by atoms with E-state index >= 15 is 4.39 Å². The molecule has 3 aromatic rings. The van der Waals surface area contributed by atoms with Crippen molar-refractivity contribution in [2.24, 2.45) is 0 Å². The molecule has 0 amide bonds. The molecule has 0 radical (unpaired) electrons. The minimum atomic E-state index is -3.66. The molecule has 0 spiro atoms. The molecular weight excluding hydrogens is 457 g/mol. The van der Waals surface area contributed by atoms with Crippen LogP contribution in [0.2, 0.25) is 0 Å². The van der Waals surface area contributed by atoms with E-state index in [1.54, 1.807) is 6.92 Å². The van der Waals surface area contributed by atoms with Gasteiger partial charge in [0, 0.05) is 23.2 Å². The van der Waals surface area contributed by atoms with Crippen LogP contribution in [0.25, 0.3) is 10.9 Å². The van der Waals surface area contributed by atoms with E-state index in [4.69, 9.17) is 14.8 Å². The fraction of sp³-hybridized carbons (Fsp3) is 0.462. The lowest BCUT2D eigenvalue weighted by Crippen LogP contribution is -2.22. The highest BCUT2D eigenvalue weighted by Crippen LogP contribution is 2.39. The first-order valence-corrected chi connectivity index (χ1v) is 12.0. The molecule has 2 heterocycles. The van der Waals surface area contributed by atoms with E-state index in [-0.39, 0.29) is 11.6 Å². The van der Waals surface area contributed by atoms with Gasteiger partial charge in [-0.3, -0.25) is 0 Å². The van der Waals surface area contributed by atoms with Crippen LogP contribution in [0.3, 0.4) is 0 Å². The van der Waals surface area contributed by atoms with Crippen molar-refractivity contribution in [1.82, 2.24) is 9.97 Å². The number of aliphatic hydroxyl groups excluding tert-OH is 1. The number of rotatable bonds is 7. The van der Waals surface area contributed by atoms with E-state index < -0.39 is 30.0 Å². The summed E-state index contributed by atoms with van der Waals surface area (Å²) in [6, 6.07) is 5.46. The van der Waals surface area contributed by atoms with Crippen molar-refractivity contribution in [2.75, 3.05) is 30.5 Å². The number of nitrogens with zero attached hydrogens (tertiary/aromatic N) is 2. The maximum Gasteiger partial charge on any atom is 0.298 e. The summed E-state index contributed by atoms with van der Waals surface area (Å²) >= 11 is 0. The second kappa shape index (κ2) is 9.28. The molecule has 1 fully saturated rings. The zero-order valence-corrected chi connectivity index (χ0v) is 19.8. The quantitative estimate of drug-likeness (QED) is 0.435. The number of aromatic nitrogens is 2. The van der Waals surface area contributed by atoms with Gasteiger partial charge in [-0.15, -0.1) is 0 Å². The molecular formula is C26H29F3N4O2. The maximum absolute atomic E-state index is 15.1. The molecule has 1 aliphatic heterocycles. The van der Waals surface area contributed by atoms with Crippen LogP contribution in [0.1, 0.15) is 53.9 Å². The van der Waals surface area contributed by atoms with Crippen LogP contribution in [0, 0.1) is 12.7 Å². The van der Waals surface area contributed by atoms with E-state index in [0.717, 1.165) is 54.9 Å². The van der Waals surface area contributed by atoms with Crippen LogP contribution in [0.5, 0.6) is 0 Å². The molecule has 3 N–H and O–H groups in total. The Morgan fingerprint density at radius 3 is 2.77 bits per heavy atom. The Balaban J connectivity index is 1.55. The van der Waals surface area contributed by atoms with Gasteiger partial charge in [0.1, 0.15) is 24.1 Å². The molecule has 5 rings (SSSR count). The van der Waals surface area contributed by atoms with Crippen LogP contribution in [0.15, 0.2) is 24.3 Å². The number of hydrogen-bond acceptors (Lipinski definition) is 6. The zero-order chi connectivity index (χ0) is 24.7. The number of hydrogen-bond donors (Lipinski definition) is 3. The Morgan fingerprint density at radius 1 is 1.23 bits per heavy atom. The number of aliphatic hydroxyl groups is 1. The summed E-state index contributed by atoms with van der Waals surface area (Å²) in [5.41, 5.74) is 3.63. The number of fused-ring (bicyclic) bond motifs is 3. The van der Waals surface area contributed by atoms with Crippen molar-refractivity contribution in [3.8, 4) is 0 Å². The number of ether oxygens (including phenoxy) is 1. The van der Waals surface area contributed by atoms with Gasteiger partial charge in [0.25, 0.3) is 5.92 Å². The predicted molar refractivity (Wildman–Crippen MR) is 129 cm³/mol. The third kappa shape index (κ3) is 4.43. The average molecular weight is 487 g/mol. The van der Waals surface area contributed by atoms with Crippen molar-refractivity contribution in [3.05, 3.63) is 58.2 Å². The van der Waals surface area contributed by atoms with E-state index in [1.807, 2.05) is 13.0 Å². The fourth-order valence-corrected chi connectivity index (χ4v) is 5.12. The van der Waals surface area contributed by atoms with Crippen molar-refractivity contribution >= 4 is 22.4 Å². The van der Waals surface area contributed by atoms with Gasteiger partial charge in [0.05, 0.1) is 29.8 Å². The Labute approximate surface area is 201 Å². The number of anilines is 2. The summed E-state index contributed by atoms with van der Waals surface area (Å²) in [7, 11) is 0. The number of alkyl halides is 2. The Hall–Kier alpha value is -2.91. The molecule has 9 heteroatoms. The van der Waals surface area contributed by atoms with Gasteiger partial charge < -0.3 is 20.5 Å². The first-order valence-electron chi connectivity index (χ1n) is 12.0. The highest BCUT2D eigenvalue weighted by atomic mass is 19.3. The molecule has 2 atom stereocenters. The summed E-state index contributed by atoms with van der Waals surface area (Å²) in [4.78, 5) is 9.33. The van der Waals surface area contributed by atoms with Gasteiger partial charge in [0.15, 0.2) is 0 Å². The van der Waals surface area contributed by atoms with E-state index in [9.17, 15) is 8.78 Å². The molecule has 1 saturated heterocycles. The summed E-state index contributed by atoms with van der Waals surface area (Å²) in [5.74, 6) is -3.60. The van der Waals surface area contributed by atoms with E-state index in [0.29, 0.717) is 18.2 Å². The van der Waals surface area contributed by atoms with Crippen LogP contribution < -0.4 is 10.6 Å². The number of nitrogens with one attached hydrogen (secondary N) is 2. The number of halogens is 3. The summed E-state index contributed by atoms with van der Waals surface area (Å²) in [5, 5.41) is 16.7. The maximum atomic E-state index is 15.1. The Morgan fingerprint density at radius 2 is 2.03 bits per heavy atom.